The average Bonchev–Trinajstić information content (AvgIpc) is 2.49. The van der Waals surface area contributed by atoms with Gasteiger partial charge in [-0.3, -0.25) is 0 Å². The van der Waals surface area contributed by atoms with Gasteiger partial charge in [-0.25, -0.2) is 0 Å². The molecule has 2 bridgehead atoms. The van der Waals surface area contributed by atoms with Crippen LogP contribution in [0.4, 0.5) is 0 Å². The summed E-state index contributed by atoms with van der Waals surface area (Å²) in [5.74, 6) is 0.967. The fourth-order valence-electron chi connectivity index (χ4n) is 4.06. The van der Waals surface area contributed by atoms with E-state index in [4.69, 9.17) is 0 Å². The van der Waals surface area contributed by atoms with Crippen LogP contribution in [-0.4, -0.2) is 70.0 Å². The van der Waals surface area contributed by atoms with E-state index in [1.807, 2.05) is 7.05 Å². The highest BCUT2D eigenvalue weighted by Crippen LogP contribution is 2.28. The lowest BCUT2D eigenvalue weighted by molar-refractivity contribution is 0.0815. The van der Waals surface area contributed by atoms with E-state index in [1.165, 1.54) is 0 Å². The Bertz CT molecular complexity index is 446. The third-order valence-corrected chi connectivity index (χ3v) is 6.88. The van der Waals surface area contributed by atoms with Gasteiger partial charge in [-0.2, -0.15) is 17.4 Å². The molecule has 2 N–H and O–H groups in total. The molecule has 21 heavy (non-hydrogen) atoms. The lowest BCUT2D eigenvalue weighted by Gasteiger charge is -2.45. The average molecular weight is 316 g/mol. The molecule has 2 atom stereocenters. The summed E-state index contributed by atoms with van der Waals surface area (Å²) < 4.78 is 30.0. The van der Waals surface area contributed by atoms with Crippen molar-refractivity contribution in [1.82, 2.24) is 19.2 Å². The highest BCUT2D eigenvalue weighted by Gasteiger charge is 2.38. The molecular weight excluding hydrogens is 288 g/mol. The Labute approximate surface area is 128 Å². The number of hydrogen-bond donors (Lipinski definition) is 2. The van der Waals surface area contributed by atoms with Gasteiger partial charge in [0.05, 0.1) is 0 Å². The molecule has 7 heteroatoms. The van der Waals surface area contributed by atoms with Gasteiger partial charge in [0.1, 0.15) is 0 Å². The standard InChI is InChI=1S/C14H28N4O2S/c1-15-9-12-3-2-6-18(10-12)21(19,20)16-14-11-17-7-4-13(14)5-8-17/h12-16H,2-11H2,1H3. The van der Waals surface area contributed by atoms with Crippen molar-refractivity contribution in [3.8, 4) is 0 Å². The summed E-state index contributed by atoms with van der Waals surface area (Å²) in [6, 6.07) is 0.113. The Balaban J connectivity index is 1.61. The minimum absolute atomic E-state index is 0.113. The lowest BCUT2D eigenvalue weighted by Crippen LogP contribution is -2.59. The largest absolute Gasteiger partial charge is 0.319 e. The minimum Gasteiger partial charge on any atom is -0.319 e. The highest BCUT2D eigenvalue weighted by molar-refractivity contribution is 7.87. The Morgan fingerprint density at radius 3 is 2.48 bits per heavy atom. The van der Waals surface area contributed by atoms with Crippen LogP contribution >= 0.6 is 0 Å². The van der Waals surface area contributed by atoms with Gasteiger partial charge >= 0.3 is 0 Å². The lowest BCUT2D eigenvalue weighted by atomic mass is 9.85. The fraction of sp³-hybridized carbons (Fsp3) is 1.00. The van der Waals surface area contributed by atoms with E-state index in [-0.39, 0.29) is 6.04 Å². The first-order valence-corrected chi connectivity index (χ1v) is 9.67. The van der Waals surface area contributed by atoms with Crippen molar-refractivity contribution in [2.75, 3.05) is 46.3 Å². The molecule has 0 spiro atoms. The number of nitrogens with zero attached hydrogens (tertiary/aromatic N) is 2. The van der Waals surface area contributed by atoms with E-state index in [9.17, 15) is 8.42 Å². The van der Waals surface area contributed by atoms with Crippen molar-refractivity contribution < 1.29 is 8.42 Å². The predicted molar refractivity (Wildman–Crippen MR) is 83.2 cm³/mol. The van der Waals surface area contributed by atoms with Gasteiger partial charge in [-0.1, -0.05) is 0 Å². The van der Waals surface area contributed by atoms with E-state index in [2.05, 4.69) is 14.9 Å². The molecule has 0 saturated carbocycles. The van der Waals surface area contributed by atoms with Gasteiger partial charge in [0.2, 0.25) is 0 Å². The zero-order valence-electron chi connectivity index (χ0n) is 12.9. The molecule has 0 aromatic rings. The fourth-order valence-corrected chi connectivity index (χ4v) is 5.64. The first kappa shape index (κ1) is 15.7. The summed E-state index contributed by atoms with van der Waals surface area (Å²) in [5.41, 5.74) is 0. The van der Waals surface area contributed by atoms with Crippen molar-refractivity contribution >= 4 is 10.2 Å². The van der Waals surface area contributed by atoms with Gasteiger partial charge in [-0.15, -0.1) is 0 Å². The molecule has 4 aliphatic rings. The Morgan fingerprint density at radius 2 is 1.86 bits per heavy atom. The van der Waals surface area contributed by atoms with Gasteiger partial charge < -0.3 is 10.2 Å². The quantitative estimate of drug-likeness (QED) is 0.740. The van der Waals surface area contributed by atoms with Gasteiger partial charge in [-0.05, 0) is 64.2 Å². The van der Waals surface area contributed by atoms with Crippen molar-refractivity contribution in [3.05, 3.63) is 0 Å². The number of hydrogen-bond acceptors (Lipinski definition) is 4. The summed E-state index contributed by atoms with van der Waals surface area (Å²) in [4.78, 5) is 2.38. The maximum atomic E-state index is 12.7. The van der Waals surface area contributed by atoms with Gasteiger partial charge in [0.25, 0.3) is 10.2 Å². The molecule has 0 aromatic carbocycles. The number of fused-ring (bicyclic) bond motifs is 3. The smallest absolute Gasteiger partial charge is 0.279 e. The van der Waals surface area contributed by atoms with Crippen LogP contribution in [0.25, 0.3) is 0 Å². The minimum atomic E-state index is -3.33. The van der Waals surface area contributed by atoms with Crippen molar-refractivity contribution in [1.29, 1.82) is 0 Å². The van der Waals surface area contributed by atoms with E-state index in [0.717, 1.165) is 51.9 Å². The molecule has 0 radical (unpaired) electrons. The molecule has 122 valence electrons. The second kappa shape index (κ2) is 6.50. The normalized spacial score (nSPS) is 37.8. The predicted octanol–water partition coefficient (Wildman–Crippen LogP) is -0.154. The molecule has 6 nitrogen and oxygen atoms in total. The van der Waals surface area contributed by atoms with Crippen LogP contribution in [0.3, 0.4) is 0 Å². The van der Waals surface area contributed by atoms with Gasteiger partial charge in [0.15, 0.2) is 0 Å². The molecule has 4 rings (SSSR count). The molecule has 0 aliphatic carbocycles. The molecule has 4 fully saturated rings. The first-order chi connectivity index (χ1) is 10.1. The first-order valence-electron chi connectivity index (χ1n) is 8.23. The molecule has 0 amide bonds. The number of nitrogens with one attached hydrogen (secondary N) is 2. The van der Waals surface area contributed by atoms with Crippen LogP contribution in [0.1, 0.15) is 25.7 Å². The molecule has 4 aliphatic heterocycles. The molecule has 4 saturated heterocycles. The molecule has 2 unspecified atom stereocenters. The van der Waals surface area contributed by atoms with Crippen molar-refractivity contribution in [2.45, 2.75) is 31.7 Å². The van der Waals surface area contributed by atoms with E-state index >= 15 is 0 Å². The summed E-state index contributed by atoms with van der Waals surface area (Å²) in [7, 11) is -1.40. The van der Waals surface area contributed by atoms with E-state index in [0.29, 0.717) is 24.9 Å². The SMILES string of the molecule is CNCC1CCCN(S(=O)(=O)NC2CN3CCC2CC3)C1. The van der Waals surface area contributed by atoms with Crippen LogP contribution in [0.5, 0.6) is 0 Å². The molecule has 4 heterocycles. The van der Waals surface area contributed by atoms with Gasteiger partial charge in [0, 0.05) is 25.7 Å². The Hall–Kier alpha value is -0.210. The number of rotatable bonds is 5. The second-order valence-electron chi connectivity index (χ2n) is 6.79. The van der Waals surface area contributed by atoms with Crippen LogP contribution < -0.4 is 10.0 Å². The van der Waals surface area contributed by atoms with Crippen LogP contribution in [0.15, 0.2) is 0 Å². The monoisotopic (exact) mass is 316 g/mol. The Morgan fingerprint density at radius 1 is 1.10 bits per heavy atom. The Kier molecular flexibility index (Phi) is 4.85. The summed E-state index contributed by atoms with van der Waals surface area (Å²) in [6.45, 7) is 5.37. The third-order valence-electron chi connectivity index (χ3n) is 5.27. The maximum absolute atomic E-state index is 12.7. The topological polar surface area (TPSA) is 64.7 Å². The van der Waals surface area contributed by atoms with Crippen molar-refractivity contribution in [3.63, 3.8) is 0 Å². The third kappa shape index (κ3) is 3.59. The highest BCUT2D eigenvalue weighted by atomic mass is 32.2. The molecule has 0 aromatic heterocycles. The summed E-state index contributed by atoms with van der Waals surface area (Å²) in [6.07, 6.45) is 4.35. The number of piperidine rings is 4. The zero-order valence-corrected chi connectivity index (χ0v) is 13.7. The van der Waals surface area contributed by atoms with Crippen LogP contribution in [-0.2, 0) is 10.2 Å². The second-order valence-corrected chi connectivity index (χ2v) is 8.49. The van der Waals surface area contributed by atoms with Crippen molar-refractivity contribution in [2.24, 2.45) is 11.8 Å². The zero-order chi connectivity index (χ0) is 14.9. The summed E-state index contributed by atoms with van der Waals surface area (Å²) >= 11 is 0. The van der Waals surface area contributed by atoms with Crippen LogP contribution in [0, 0.1) is 11.8 Å². The van der Waals surface area contributed by atoms with E-state index in [1.54, 1.807) is 4.31 Å². The van der Waals surface area contributed by atoms with Crippen LogP contribution in [0.2, 0.25) is 0 Å². The maximum Gasteiger partial charge on any atom is 0.279 e. The van der Waals surface area contributed by atoms with E-state index < -0.39 is 10.2 Å². The molecular formula is C14H28N4O2S. The summed E-state index contributed by atoms with van der Waals surface area (Å²) in [5, 5.41) is 3.16.